The fourth-order valence-corrected chi connectivity index (χ4v) is 3.76. The number of halogens is 1. The SMILES string of the molecule is C=C(C)C(=O)OCP(Cl)(CC)(CC)CC. The molecule has 0 aliphatic heterocycles. The van der Waals surface area contributed by atoms with Crippen molar-refractivity contribution in [3.63, 3.8) is 0 Å². The Balaban J connectivity index is 4.58. The summed E-state index contributed by atoms with van der Waals surface area (Å²) < 4.78 is 5.23. The molecule has 0 aromatic heterocycles. The van der Waals surface area contributed by atoms with E-state index in [4.69, 9.17) is 16.0 Å². The Morgan fingerprint density at radius 1 is 1.27 bits per heavy atom. The molecular weight excluding hydrogens is 231 g/mol. The van der Waals surface area contributed by atoms with Crippen LogP contribution in [0.1, 0.15) is 27.7 Å². The summed E-state index contributed by atoms with van der Waals surface area (Å²) in [6.45, 7) is 11.4. The fourth-order valence-electron chi connectivity index (χ4n) is 1.29. The molecule has 0 atom stereocenters. The third-order valence-electron chi connectivity index (χ3n) is 3.24. The summed E-state index contributed by atoms with van der Waals surface area (Å²) in [5.41, 5.74) is 0.431. The first-order valence-corrected chi connectivity index (χ1v) is 9.24. The van der Waals surface area contributed by atoms with Crippen LogP contribution < -0.4 is 0 Å². The number of carbonyl (C=O) groups excluding carboxylic acids is 1. The summed E-state index contributed by atoms with van der Waals surface area (Å²) in [6.07, 6.45) is 3.10. The predicted octanol–water partition coefficient (Wildman–Crippen LogP) is 3.83. The molecule has 0 spiro atoms. The Kier molecular flexibility index (Phi) is 5.29. The van der Waals surface area contributed by atoms with Crippen molar-refractivity contribution in [2.45, 2.75) is 27.7 Å². The monoisotopic (exact) mass is 252 g/mol. The van der Waals surface area contributed by atoms with Crippen LogP contribution in [0.5, 0.6) is 0 Å². The van der Waals surface area contributed by atoms with Crippen LogP contribution in [0.15, 0.2) is 12.2 Å². The second-order valence-electron chi connectivity index (χ2n) is 4.11. The molecule has 90 valence electrons. The maximum atomic E-state index is 11.3. The van der Waals surface area contributed by atoms with E-state index >= 15 is 0 Å². The summed E-state index contributed by atoms with van der Waals surface area (Å²) >= 11 is 6.72. The molecule has 0 bridgehead atoms. The zero-order chi connectivity index (χ0) is 12.1. The molecule has 0 fully saturated rings. The summed E-state index contributed by atoms with van der Waals surface area (Å²) in [5, 5.41) is 0. The van der Waals surface area contributed by atoms with Gasteiger partial charge >= 0.3 is 97.4 Å². The van der Waals surface area contributed by atoms with E-state index < -0.39 is 5.96 Å². The molecule has 0 aliphatic carbocycles. The van der Waals surface area contributed by atoms with Gasteiger partial charge in [0.05, 0.1) is 0 Å². The normalized spacial score (nSPS) is 14.1. The van der Waals surface area contributed by atoms with Crippen LogP contribution in [0, 0.1) is 0 Å². The molecule has 0 amide bonds. The Hall–Kier alpha value is -0.0700. The van der Waals surface area contributed by atoms with Crippen molar-refractivity contribution in [3.8, 4) is 0 Å². The predicted molar refractivity (Wildman–Crippen MR) is 70.2 cm³/mol. The van der Waals surface area contributed by atoms with E-state index in [0.29, 0.717) is 11.9 Å². The van der Waals surface area contributed by atoms with Crippen molar-refractivity contribution in [3.05, 3.63) is 12.2 Å². The summed E-state index contributed by atoms with van der Waals surface area (Å²) in [6, 6.07) is 0. The average molecular weight is 253 g/mol. The van der Waals surface area contributed by atoms with Gasteiger partial charge in [-0.15, -0.1) is 0 Å². The van der Waals surface area contributed by atoms with Crippen molar-refractivity contribution in [1.82, 2.24) is 0 Å². The molecule has 0 aliphatic rings. The number of rotatable bonds is 6. The van der Waals surface area contributed by atoms with Crippen molar-refractivity contribution < 1.29 is 9.53 Å². The third kappa shape index (κ3) is 3.77. The molecule has 0 saturated heterocycles. The van der Waals surface area contributed by atoms with Gasteiger partial charge in [-0.1, -0.05) is 0 Å². The fraction of sp³-hybridized carbons (Fsp3) is 0.727. The zero-order valence-corrected chi connectivity index (χ0v) is 11.8. The number of esters is 1. The summed E-state index contributed by atoms with van der Waals surface area (Å²) in [7, 11) is 0. The quantitative estimate of drug-likeness (QED) is 0.408. The zero-order valence-electron chi connectivity index (χ0n) is 10.2. The van der Waals surface area contributed by atoms with Crippen LogP contribution >= 0.6 is 17.2 Å². The molecule has 0 N–H and O–H groups in total. The van der Waals surface area contributed by atoms with E-state index in [9.17, 15) is 4.79 Å². The average Bonchev–Trinajstić information content (AvgIpc) is 2.26. The van der Waals surface area contributed by atoms with Crippen molar-refractivity contribution in [2.24, 2.45) is 0 Å². The van der Waals surface area contributed by atoms with E-state index in [1.807, 2.05) is 0 Å². The van der Waals surface area contributed by atoms with Crippen LogP contribution in [0.2, 0.25) is 0 Å². The number of hydrogen-bond donors (Lipinski definition) is 0. The Labute approximate surface area is 97.7 Å². The summed E-state index contributed by atoms with van der Waals surface area (Å²) in [4.78, 5) is 11.3. The Morgan fingerprint density at radius 2 is 1.67 bits per heavy atom. The van der Waals surface area contributed by atoms with E-state index in [2.05, 4.69) is 27.4 Å². The molecule has 0 aromatic rings. The van der Waals surface area contributed by atoms with Gasteiger partial charge in [-0.2, -0.15) is 0 Å². The van der Waals surface area contributed by atoms with Gasteiger partial charge in [0, 0.05) is 0 Å². The van der Waals surface area contributed by atoms with E-state index in [1.54, 1.807) is 6.92 Å². The van der Waals surface area contributed by atoms with Gasteiger partial charge in [0.25, 0.3) is 0 Å². The van der Waals surface area contributed by atoms with Gasteiger partial charge in [-0.05, 0) is 0 Å². The molecule has 0 rings (SSSR count). The molecule has 15 heavy (non-hydrogen) atoms. The third-order valence-corrected chi connectivity index (χ3v) is 11.2. The number of ether oxygens (including phenoxy) is 1. The topological polar surface area (TPSA) is 26.3 Å². The van der Waals surface area contributed by atoms with Crippen LogP contribution in [-0.2, 0) is 9.53 Å². The second-order valence-corrected chi connectivity index (χ2v) is 12.8. The molecule has 0 unspecified atom stereocenters. The molecule has 4 heteroatoms. The van der Waals surface area contributed by atoms with Gasteiger partial charge in [-0.25, -0.2) is 0 Å². The molecule has 0 aromatic carbocycles. The minimum absolute atomic E-state index is 0.333. The van der Waals surface area contributed by atoms with Gasteiger partial charge in [0.2, 0.25) is 0 Å². The number of hydrogen-bond acceptors (Lipinski definition) is 2. The maximum absolute atomic E-state index is 11.3. The van der Waals surface area contributed by atoms with Crippen LogP contribution in [0.3, 0.4) is 0 Å². The second kappa shape index (κ2) is 5.32. The molecule has 2 nitrogen and oxygen atoms in total. The first kappa shape index (κ1) is 14.9. The summed E-state index contributed by atoms with van der Waals surface area (Å²) in [5.74, 6) is -2.64. The van der Waals surface area contributed by atoms with Gasteiger partial charge < -0.3 is 0 Å². The van der Waals surface area contributed by atoms with E-state index in [0.717, 1.165) is 18.5 Å². The first-order valence-electron chi connectivity index (χ1n) is 5.36. The molecule has 0 radical (unpaired) electrons. The standard InChI is InChI=1S/C11H22ClO2P/c1-6-15(12,7-2,8-3)9-14-11(13)10(4)5/h4,6-9H2,1-3,5H3. The van der Waals surface area contributed by atoms with Crippen molar-refractivity contribution >= 4 is 23.2 Å². The van der Waals surface area contributed by atoms with Gasteiger partial charge in [0.1, 0.15) is 0 Å². The van der Waals surface area contributed by atoms with Crippen molar-refractivity contribution in [1.29, 1.82) is 0 Å². The van der Waals surface area contributed by atoms with Gasteiger partial charge in [-0.3, -0.25) is 0 Å². The van der Waals surface area contributed by atoms with E-state index in [1.165, 1.54) is 0 Å². The molecule has 0 saturated carbocycles. The molecule has 0 heterocycles. The van der Waals surface area contributed by atoms with Gasteiger partial charge in [0.15, 0.2) is 0 Å². The Bertz CT molecular complexity index is 248. The number of carbonyl (C=O) groups is 1. The Morgan fingerprint density at radius 3 is 1.93 bits per heavy atom. The van der Waals surface area contributed by atoms with Crippen LogP contribution in [-0.4, -0.2) is 30.8 Å². The van der Waals surface area contributed by atoms with Crippen LogP contribution in [0.25, 0.3) is 0 Å². The first-order chi connectivity index (χ1) is 6.81. The van der Waals surface area contributed by atoms with Crippen LogP contribution in [0.4, 0.5) is 0 Å². The molecular formula is C11H22ClO2P. The van der Waals surface area contributed by atoms with Crippen molar-refractivity contribution in [2.75, 3.05) is 24.8 Å². The minimum atomic E-state index is -2.31. The van der Waals surface area contributed by atoms with E-state index in [-0.39, 0.29) is 5.97 Å².